The SMILES string of the molecule is COC(=O)CCC(=O)c1ccc(-c2ccncc2)cc1. The summed E-state index contributed by atoms with van der Waals surface area (Å²) in [5.74, 6) is -0.427. The molecule has 2 aromatic rings. The predicted molar refractivity (Wildman–Crippen MR) is 75.3 cm³/mol. The van der Waals surface area contributed by atoms with Crippen LogP contribution in [0.15, 0.2) is 48.8 Å². The Labute approximate surface area is 117 Å². The number of hydrogen-bond donors (Lipinski definition) is 0. The second-order valence-electron chi connectivity index (χ2n) is 4.31. The van der Waals surface area contributed by atoms with Crippen LogP contribution in [-0.4, -0.2) is 23.8 Å². The number of benzene rings is 1. The number of pyridine rings is 1. The third kappa shape index (κ3) is 3.51. The van der Waals surface area contributed by atoms with Crippen LogP contribution < -0.4 is 0 Å². The number of carbonyl (C=O) groups excluding carboxylic acids is 2. The minimum Gasteiger partial charge on any atom is -0.469 e. The first-order valence-corrected chi connectivity index (χ1v) is 6.31. The van der Waals surface area contributed by atoms with Gasteiger partial charge in [-0.25, -0.2) is 0 Å². The van der Waals surface area contributed by atoms with Crippen molar-refractivity contribution in [2.24, 2.45) is 0 Å². The smallest absolute Gasteiger partial charge is 0.305 e. The highest BCUT2D eigenvalue weighted by Crippen LogP contribution is 2.19. The molecule has 4 nitrogen and oxygen atoms in total. The fourth-order valence-electron chi connectivity index (χ4n) is 1.85. The number of ketones is 1. The highest BCUT2D eigenvalue weighted by Gasteiger charge is 2.09. The van der Waals surface area contributed by atoms with Crippen molar-refractivity contribution in [1.82, 2.24) is 4.98 Å². The minimum atomic E-state index is -0.369. The summed E-state index contributed by atoms with van der Waals surface area (Å²) < 4.78 is 4.52. The van der Waals surface area contributed by atoms with E-state index < -0.39 is 0 Å². The fraction of sp³-hybridized carbons (Fsp3) is 0.188. The number of aromatic nitrogens is 1. The van der Waals surface area contributed by atoms with E-state index in [-0.39, 0.29) is 24.6 Å². The van der Waals surface area contributed by atoms with E-state index in [0.29, 0.717) is 5.56 Å². The fourth-order valence-corrected chi connectivity index (χ4v) is 1.85. The topological polar surface area (TPSA) is 56.3 Å². The standard InChI is InChI=1S/C16H15NO3/c1-20-16(19)7-6-15(18)14-4-2-12(3-5-14)13-8-10-17-11-9-13/h2-5,8-11H,6-7H2,1H3. The molecule has 0 N–H and O–H groups in total. The number of nitrogens with zero attached hydrogens (tertiary/aromatic N) is 1. The molecule has 0 saturated heterocycles. The van der Waals surface area contributed by atoms with Gasteiger partial charge in [0, 0.05) is 24.4 Å². The summed E-state index contributed by atoms with van der Waals surface area (Å²) in [6, 6.07) is 11.1. The van der Waals surface area contributed by atoms with Crippen molar-refractivity contribution in [1.29, 1.82) is 0 Å². The quantitative estimate of drug-likeness (QED) is 0.618. The van der Waals surface area contributed by atoms with Crippen molar-refractivity contribution in [2.75, 3.05) is 7.11 Å². The van der Waals surface area contributed by atoms with E-state index in [1.54, 1.807) is 24.5 Å². The Kier molecular flexibility index (Phi) is 4.60. The first-order valence-electron chi connectivity index (χ1n) is 6.31. The van der Waals surface area contributed by atoms with Crippen molar-refractivity contribution in [3.63, 3.8) is 0 Å². The van der Waals surface area contributed by atoms with Crippen LogP contribution >= 0.6 is 0 Å². The van der Waals surface area contributed by atoms with Gasteiger partial charge < -0.3 is 4.74 Å². The molecule has 0 spiro atoms. The molecule has 2 rings (SSSR count). The number of carbonyl (C=O) groups is 2. The highest BCUT2D eigenvalue weighted by molar-refractivity contribution is 5.97. The van der Waals surface area contributed by atoms with Gasteiger partial charge in [-0.05, 0) is 23.3 Å². The Morgan fingerprint density at radius 2 is 1.55 bits per heavy atom. The van der Waals surface area contributed by atoms with Gasteiger partial charge in [-0.1, -0.05) is 24.3 Å². The number of esters is 1. The first kappa shape index (κ1) is 13.9. The van der Waals surface area contributed by atoms with E-state index in [0.717, 1.165) is 11.1 Å². The van der Waals surface area contributed by atoms with Gasteiger partial charge in [0.2, 0.25) is 0 Å². The van der Waals surface area contributed by atoms with E-state index >= 15 is 0 Å². The van der Waals surface area contributed by atoms with Crippen LogP contribution in [0.25, 0.3) is 11.1 Å². The van der Waals surface area contributed by atoms with E-state index in [4.69, 9.17) is 0 Å². The van der Waals surface area contributed by atoms with E-state index in [2.05, 4.69) is 9.72 Å². The third-order valence-electron chi connectivity index (χ3n) is 3.00. The van der Waals surface area contributed by atoms with Crippen molar-refractivity contribution in [3.8, 4) is 11.1 Å². The lowest BCUT2D eigenvalue weighted by Gasteiger charge is -2.04. The Balaban J connectivity index is 2.05. The number of rotatable bonds is 5. The number of methoxy groups -OCH3 is 1. The van der Waals surface area contributed by atoms with E-state index in [1.165, 1.54) is 7.11 Å². The zero-order valence-electron chi connectivity index (χ0n) is 11.2. The summed E-state index contributed by atoms with van der Waals surface area (Å²) in [5, 5.41) is 0. The summed E-state index contributed by atoms with van der Waals surface area (Å²) in [5.41, 5.74) is 2.68. The summed E-state index contributed by atoms with van der Waals surface area (Å²) in [4.78, 5) is 26.9. The number of ether oxygens (including phenoxy) is 1. The Hall–Kier alpha value is -2.49. The van der Waals surface area contributed by atoms with Crippen LogP contribution in [0.4, 0.5) is 0 Å². The predicted octanol–water partition coefficient (Wildman–Crippen LogP) is 2.88. The van der Waals surface area contributed by atoms with E-state index in [1.807, 2.05) is 24.3 Å². The normalized spacial score (nSPS) is 10.1. The number of hydrogen-bond acceptors (Lipinski definition) is 4. The molecule has 102 valence electrons. The molecule has 1 heterocycles. The Bertz CT molecular complexity index is 591. The maximum absolute atomic E-state index is 11.9. The second-order valence-corrected chi connectivity index (χ2v) is 4.31. The molecule has 20 heavy (non-hydrogen) atoms. The first-order chi connectivity index (χ1) is 9.70. The summed E-state index contributed by atoms with van der Waals surface area (Å²) in [6.07, 6.45) is 3.73. The van der Waals surface area contributed by atoms with Crippen LogP contribution in [-0.2, 0) is 9.53 Å². The largest absolute Gasteiger partial charge is 0.469 e. The molecular weight excluding hydrogens is 254 g/mol. The average molecular weight is 269 g/mol. The monoisotopic (exact) mass is 269 g/mol. The molecule has 0 atom stereocenters. The van der Waals surface area contributed by atoms with Crippen molar-refractivity contribution < 1.29 is 14.3 Å². The molecule has 0 aliphatic heterocycles. The minimum absolute atomic E-state index is 0.0586. The molecule has 0 aliphatic carbocycles. The second kappa shape index (κ2) is 6.61. The third-order valence-corrected chi connectivity index (χ3v) is 3.00. The van der Waals surface area contributed by atoms with Gasteiger partial charge in [0.25, 0.3) is 0 Å². The van der Waals surface area contributed by atoms with Gasteiger partial charge >= 0.3 is 5.97 Å². The van der Waals surface area contributed by atoms with Gasteiger partial charge in [-0.3, -0.25) is 14.6 Å². The molecule has 0 saturated carbocycles. The number of Topliss-reactive ketones (excluding diaryl/α,β-unsaturated/α-hetero) is 1. The van der Waals surface area contributed by atoms with Crippen LogP contribution in [0, 0.1) is 0 Å². The van der Waals surface area contributed by atoms with Gasteiger partial charge in [-0.15, -0.1) is 0 Å². The molecule has 0 bridgehead atoms. The zero-order valence-corrected chi connectivity index (χ0v) is 11.2. The maximum Gasteiger partial charge on any atom is 0.305 e. The molecule has 1 aromatic carbocycles. The van der Waals surface area contributed by atoms with Crippen LogP contribution in [0.2, 0.25) is 0 Å². The Morgan fingerprint density at radius 1 is 0.950 bits per heavy atom. The highest BCUT2D eigenvalue weighted by atomic mass is 16.5. The molecular formula is C16H15NO3. The maximum atomic E-state index is 11.9. The molecule has 4 heteroatoms. The molecule has 0 unspecified atom stereocenters. The molecule has 0 radical (unpaired) electrons. The lowest BCUT2D eigenvalue weighted by atomic mass is 10.0. The molecule has 0 aliphatic rings. The summed E-state index contributed by atoms with van der Waals surface area (Å²) >= 11 is 0. The summed E-state index contributed by atoms with van der Waals surface area (Å²) in [6.45, 7) is 0. The van der Waals surface area contributed by atoms with Crippen LogP contribution in [0.1, 0.15) is 23.2 Å². The summed E-state index contributed by atoms with van der Waals surface area (Å²) in [7, 11) is 1.32. The van der Waals surface area contributed by atoms with Gasteiger partial charge in [-0.2, -0.15) is 0 Å². The molecule has 0 fully saturated rings. The van der Waals surface area contributed by atoms with Gasteiger partial charge in [0.15, 0.2) is 5.78 Å². The van der Waals surface area contributed by atoms with Crippen molar-refractivity contribution in [3.05, 3.63) is 54.4 Å². The lowest BCUT2D eigenvalue weighted by molar-refractivity contribution is -0.140. The van der Waals surface area contributed by atoms with Crippen molar-refractivity contribution in [2.45, 2.75) is 12.8 Å². The zero-order chi connectivity index (χ0) is 14.4. The molecule has 0 amide bonds. The van der Waals surface area contributed by atoms with Crippen LogP contribution in [0.3, 0.4) is 0 Å². The van der Waals surface area contributed by atoms with Gasteiger partial charge in [0.1, 0.15) is 0 Å². The average Bonchev–Trinajstić information content (AvgIpc) is 2.53. The molecule has 1 aromatic heterocycles. The van der Waals surface area contributed by atoms with Crippen LogP contribution in [0.5, 0.6) is 0 Å². The lowest BCUT2D eigenvalue weighted by Crippen LogP contribution is -2.05. The van der Waals surface area contributed by atoms with E-state index in [9.17, 15) is 9.59 Å². The van der Waals surface area contributed by atoms with Crippen molar-refractivity contribution >= 4 is 11.8 Å². The van der Waals surface area contributed by atoms with Gasteiger partial charge in [0.05, 0.1) is 13.5 Å². The Morgan fingerprint density at radius 3 is 2.15 bits per heavy atom.